The number of carbonyl (C=O) groups is 1. The lowest BCUT2D eigenvalue weighted by Crippen LogP contribution is -2.41. The summed E-state index contributed by atoms with van der Waals surface area (Å²) in [5.41, 5.74) is 1.93. The molecule has 7 nitrogen and oxygen atoms in total. The molecule has 3 aromatic rings. The number of nitrogens with one attached hydrogen (secondary N) is 1. The highest BCUT2D eigenvalue weighted by atomic mass is 35.5. The van der Waals surface area contributed by atoms with E-state index in [1.807, 2.05) is 26.0 Å². The number of anilines is 1. The van der Waals surface area contributed by atoms with Crippen LogP contribution < -0.4 is 19.1 Å². The highest BCUT2D eigenvalue weighted by Crippen LogP contribution is 2.35. The van der Waals surface area contributed by atoms with Crippen molar-refractivity contribution in [3.8, 4) is 11.5 Å². The van der Waals surface area contributed by atoms with Crippen LogP contribution in [-0.4, -0.2) is 35.1 Å². The zero-order valence-electron chi connectivity index (χ0n) is 19.4. The molecule has 0 spiro atoms. The second-order valence-corrected chi connectivity index (χ2v) is 10.0. The number of carbonyl (C=O) groups excluding carboxylic acids is 1. The van der Waals surface area contributed by atoms with Crippen molar-refractivity contribution >= 4 is 33.2 Å². The first-order valence-corrected chi connectivity index (χ1v) is 12.3. The molecule has 1 N–H and O–H groups in total. The fourth-order valence-corrected chi connectivity index (χ4v) is 4.98. The van der Waals surface area contributed by atoms with Crippen LogP contribution in [0.4, 0.5) is 5.69 Å². The molecule has 1 amide bonds. The molecule has 1 atom stereocenters. The lowest BCUT2D eigenvalue weighted by atomic mass is 10.1. The van der Waals surface area contributed by atoms with E-state index >= 15 is 0 Å². The molecule has 0 saturated heterocycles. The van der Waals surface area contributed by atoms with E-state index in [1.54, 1.807) is 43.5 Å². The van der Waals surface area contributed by atoms with Gasteiger partial charge in [-0.1, -0.05) is 41.4 Å². The predicted octanol–water partition coefficient (Wildman–Crippen LogP) is 4.74. The van der Waals surface area contributed by atoms with Crippen molar-refractivity contribution < 1.29 is 22.7 Å². The summed E-state index contributed by atoms with van der Waals surface area (Å²) in [7, 11) is -1.10. The number of ether oxygens (including phenoxy) is 2. The lowest BCUT2D eigenvalue weighted by molar-refractivity contribution is -0.120. The SMILES string of the molecule is COc1ccc([C@H](C)NC(=O)CN(c2cc(Cl)ccc2OC)S(=O)(=O)c2ccc(C)cc2)cc1. The van der Waals surface area contributed by atoms with Crippen molar-refractivity contribution in [2.75, 3.05) is 25.1 Å². The van der Waals surface area contributed by atoms with Gasteiger partial charge in [-0.05, 0) is 61.9 Å². The van der Waals surface area contributed by atoms with E-state index in [-0.39, 0.29) is 22.4 Å². The van der Waals surface area contributed by atoms with Crippen molar-refractivity contribution in [3.05, 3.63) is 82.9 Å². The van der Waals surface area contributed by atoms with Gasteiger partial charge in [-0.25, -0.2) is 8.42 Å². The monoisotopic (exact) mass is 502 g/mol. The van der Waals surface area contributed by atoms with E-state index in [9.17, 15) is 13.2 Å². The number of sulfonamides is 1. The summed E-state index contributed by atoms with van der Waals surface area (Å²) < 4.78 is 38.8. The van der Waals surface area contributed by atoms with Crippen LogP contribution in [0.5, 0.6) is 11.5 Å². The minimum Gasteiger partial charge on any atom is -0.497 e. The van der Waals surface area contributed by atoms with Gasteiger partial charge in [0.25, 0.3) is 10.0 Å². The van der Waals surface area contributed by atoms with Gasteiger partial charge in [-0.2, -0.15) is 0 Å². The first-order valence-electron chi connectivity index (χ1n) is 10.5. The fourth-order valence-electron chi connectivity index (χ4n) is 3.39. The van der Waals surface area contributed by atoms with E-state index in [2.05, 4.69) is 5.32 Å². The smallest absolute Gasteiger partial charge is 0.264 e. The van der Waals surface area contributed by atoms with Crippen LogP contribution in [0.1, 0.15) is 24.1 Å². The maximum atomic E-state index is 13.6. The molecular formula is C25H27ClN2O5S. The Labute approximate surface area is 205 Å². The molecule has 9 heteroatoms. The third kappa shape index (κ3) is 5.81. The van der Waals surface area contributed by atoms with Crippen LogP contribution in [0.2, 0.25) is 5.02 Å². The van der Waals surface area contributed by atoms with Crippen molar-refractivity contribution in [1.82, 2.24) is 5.32 Å². The quantitative estimate of drug-likeness (QED) is 0.457. The van der Waals surface area contributed by atoms with E-state index in [0.29, 0.717) is 10.8 Å². The molecule has 0 fully saturated rings. The predicted molar refractivity (Wildman–Crippen MR) is 133 cm³/mol. The van der Waals surface area contributed by atoms with Crippen molar-refractivity contribution in [2.45, 2.75) is 24.8 Å². The molecule has 0 aliphatic heterocycles. The van der Waals surface area contributed by atoms with Crippen molar-refractivity contribution in [1.29, 1.82) is 0 Å². The molecule has 180 valence electrons. The van der Waals surface area contributed by atoms with E-state index in [1.165, 1.54) is 25.3 Å². The minimum atomic E-state index is -4.11. The average Bonchev–Trinajstić information content (AvgIpc) is 2.82. The first kappa shape index (κ1) is 25.4. The molecule has 0 saturated carbocycles. The summed E-state index contributed by atoms with van der Waals surface area (Å²) in [5.74, 6) is 0.489. The molecule has 0 aromatic heterocycles. The van der Waals surface area contributed by atoms with E-state index < -0.39 is 22.5 Å². The minimum absolute atomic E-state index is 0.0520. The van der Waals surface area contributed by atoms with E-state index in [4.69, 9.17) is 21.1 Å². The van der Waals surface area contributed by atoms with Crippen LogP contribution >= 0.6 is 11.6 Å². The van der Waals surface area contributed by atoms with Gasteiger partial charge in [0, 0.05) is 5.02 Å². The number of methoxy groups -OCH3 is 2. The molecule has 0 heterocycles. The largest absolute Gasteiger partial charge is 0.497 e. The van der Waals surface area contributed by atoms with Crippen molar-refractivity contribution in [2.24, 2.45) is 0 Å². The van der Waals surface area contributed by atoms with Crippen LogP contribution in [-0.2, 0) is 14.8 Å². The van der Waals surface area contributed by atoms with Gasteiger partial charge in [0.15, 0.2) is 0 Å². The molecule has 0 aliphatic carbocycles. The molecule has 3 rings (SSSR count). The summed E-state index contributed by atoms with van der Waals surface area (Å²) in [6.07, 6.45) is 0. The summed E-state index contributed by atoms with van der Waals surface area (Å²) in [6, 6.07) is 17.9. The van der Waals surface area contributed by atoms with Gasteiger partial charge in [-0.15, -0.1) is 0 Å². The van der Waals surface area contributed by atoms with Gasteiger partial charge in [0.05, 0.1) is 30.8 Å². The van der Waals surface area contributed by atoms with Gasteiger partial charge >= 0.3 is 0 Å². The molecular weight excluding hydrogens is 476 g/mol. The van der Waals surface area contributed by atoms with Gasteiger partial charge in [0.2, 0.25) is 5.91 Å². The Morgan fingerprint density at radius 1 is 1.00 bits per heavy atom. The lowest BCUT2D eigenvalue weighted by Gasteiger charge is -2.26. The highest BCUT2D eigenvalue weighted by Gasteiger charge is 2.30. The molecule has 0 radical (unpaired) electrons. The standard InChI is InChI=1S/C25H27ClN2O5S/c1-17-5-12-22(13-6-17)34(30,31)28(23-15-20(26)9-14-24(23)33-4)16-25(29)27-18(2)19-7-10-21(32-3)11-8-19/h5-15,18H,16H2,1-4H3,(H,27,29)/t18-/m0/s1. The maximum absolute atomic E-state index is 13.6. The normalized spacial score (nSPS) is 12.0. The molecule has 3 aromatic carbocycles. The third-order valence-corrected chi connectivity index (χ3v) is 7.31. The number of benzene rings is 3. The average molecular weight is 503 g/mol. The highest BCUT2D eigenvalue weighted by molar-refractivity contribution is 7.92. The number of aryl methyl sites for hydroxylation is 1. The topological polar surface area (TPSA) is 84.9 Å². The van der Waals surface area contributed by atoms with Crippen LogP contribution in [0.3, 0.4) is 0 Å². The van der Waals surface area contributed by atoms with Gasteiger partial charge < -0.3 is 14.8 Å². The molecule has 0 unspecified atom stereocenters. The maximum Gasteiger partial charge on any atom is 0.264 e. The van der Waals surface area contributed by atoms with Crippen LogP contribution in [0.15, 0.2) is 71.6 Å². The van der Waals surface area contributed by atoms with Crippen molar-refractivity contribution in [3.63, 3.8) is 0 Å². The third-order valence-electron chi connectivity index (χ3n) is 5.30. The van der Waals surface area contributed by atoms with Crippen LogP contribution in [0.25, 0.3) is 0 Å². The van der Waals surface area contributed by atoms with Gasteiger partial charge in [-0.3, -0.25) is 9.10 Å². The Bertz CT molecular complexity index is 1250. The second kappa shape index (κ2) is 10.8. The number of hydrogen-bond donors (Lipinski definition) is 1. The Kier molecular flexibility index (Phi) is 8.06. The van der Waals surface area contributed by atoms with Crippen LogP contribution in [0, 0.1) is 6.92 Å². The number of amides is 1. The fraction of sp³-hybridized carbons (Fsp3) is 0.240. The Hall–Kier alpha value is -3.23. The number of rotatable bonds is 9. The molecule has 0 aliphatic rings. The van der Waals surface area contributed by atoms with Gasteiger partial charge in [0.1, 0.15) is 18.0 Å². The van der Waals surface area contributed by atoms with E-state index in [0.717, 1.165) is 15.4 Å². The number of halogens is 1. The molecule has 34 heavy (non-hydrogen) atoms. The zero-order valence-corrected chi connectivity index (χ0v) is 21.0. The Morgan fingerprint density at radius 3 is 2.24 bits per heavy atom. The number of hydrogen-bond acceptors (Lipinski definition) is 5. The summed E-state index contributed by atoms with van der Waals surface area (Å²) in [5, 5.41) is 3.17. The Balaban J connectivity index is 1.94. The first-order chi connectivity index (χ1) is 16.1. The number of nitrogens with zero attached hydrogens (tertiary/aromatic N) is 1. The molecule has 0 bridgehead atoms. The summed E-state index contributed by atoms with van der Waals surface area (Å²) >= 11 is 6.17. The Morgan fingerprint density at radius 2 is 1.65 bits per heavy atom. The summed E-state index contributed by atoms with van der Waals surface area (Å²) in [6.45, 7) is 3.22. The summed E-state index contributed by atoms with van der Waals surface area (Å²) in [4.78, 5) is 13.1. The zero-order chi connectivity index (χ0) is 24.9. The second-order valence-electron chi connectivity index (χ2n) is 7.70.